The number of rotatable bonds is 7. The van der Waals surface area contributed by atoms with Gasteiger partial charge < -0.3 is 15.8 Å². The van der Waals surface area contributed by atoms with E-state index in [2.05, 4.69) is 20.5 Å². The molecule has 0 aliphatic carbocycles. The lowest BCUT2D eigenvalue weighted by Crippen LogP contribution is -2.27. The number of amides is 1. The van der Waals surface area contributed by atoms with E-state index >= 15 is 0 Å². The Hall–Kier alpha value is -3.00. The van der Waals surface area contributed by atoms with Crippen molar-refractivity contribution in [1.82, 2.24) is 20.3 Å². The zero-order valence-corrected chi connectivity index (χ0v) is 15.1. The highest BCUT2D eigenvalue weighted by Crippen LogP contribution is 2.13. The summed E-state index contributed by atoms with van der Waals surface area (Å²) in [5.41, 5.74) is 7.76. The summed E-state index contributed by atoms with van der Waals surface area (Å²) < 4.78 is 5.53. The van der Waals surface area contributed by atoms with Crippen LogP contribution in [0.2, 0.25) is 0 Å². The van der Waals surface area contributed by atoms with Gasteiger partial charge in [0, 0.05) is 31.5 Å². The average molecular weight is 368 g/mol. The molecule has 8 heteroatoms. The Labute approximate surface area is 158 Å². The van der Waals surface area contributed by atoms with Crippen molar-refractivity contribution in [2.75, 3.05) is 13.2 Å². The first-order valence-electron chi connectivity index (χ1n) is 9.07. The molecule has 1 fully saturated rings. The summed E-state index contributed by atoms with van der Waals surface area (Å²) in [5.74, 6) is -0.194. The fraction of sp³-hybridized carbons (Fsp3) is 0.368. The van der Waals surface area contributed by atoms with Crippen molar-refractivity contribution in [1.29, 1.82) is 0 Å². The van der Waals surface area contributed by atoms with Crippen LogP contribution in [0.4, 0.5) is 0 Å². The highest BCUT2D eigenvalue weighted by molar-refractivity contribution is 5.97. The number of para-hydroxylation sites is 1. The molecule has 0 bridgehead atoms. The molecule has 0 saturated carbocycles. The summed E-state index contributed by atoms with van der Waals surface area (Å²) in [5, 5.41) is 11.0. The Morgan fingerprint density at radius 1 is 1.33 bits per heavy atom. The van der Waals surface area contributed by atoms with E-state index < -0.39 is 0 Å². The van der Waals surface area contributed by atoms with Crippen LogP contribution in [0, 0.1) is 0 Å². The van der Waals surface area contributed by atoms with Crippen LogP contribution in [0.15, 0.2) is 53.4 Å². The minimum Gasteiger partial charge on any atom is -0.402 e. The third-order valence-corrected chi connectivity index (χ3v) is 4.18. The number of nitrogens with two attached hydrogens (primary N) is 1. The average Bonchev–Trinajstić information content (AvgIpc) is 3.23. The largest absolute Gasteiger partial charge is 0.402 e. The molecule has 0 radical (unpaired) electrons. The van der Waals surface area contributed by atoms with Crippen LogP contribution >= 0.6 is 0 Å². The lowest BCUT2D eigenvalue weighted by Gasteiger charge is -2.18. The zero-order valence-electron chi connectivity index (χ0n) is 15.1. The van der Waals surface area contributed by atoms with Crippen LogP contribution in [0.3, 0.4) is 0 Å². The van der Waals surface area contributed by atoms with Gasteiger partial charge in [-0.3, -0.25) is 9.79 Å². The highest BCUT2D eigenvalue weighted by atomic mass is 16.5. The van der Waals surface area contributed by atoms with Crippen LogP contribution in [-0.2, 0) is 4.74 Å². The molecule has 2 heterocycles. The van der Waals surface area contributed by atoms with E-state index in [9.17, 15) is 4.79 Å². The van der Waals surface area contributed by atoms with Crippen molar-refractivity contribution in [2.24, 2.45) is 10.7 Å². The molecular weight excluding hydrogens is 344 g/mol. The number of aromatic nitrogens is 3. The van der Waals surface area contributed by atoms with E-state index in [0.717, 1.165) is 25.9 Å². The third kappa shape index (κ3) is 5.49. The van der Waals surface area contributed by atoms with Gasteiger partial charge in [0.1, 0.15) is 6.23 Å². The van der Waals surface area contributed by atoms with Crippen LogP contribution in [-0.4, -0.2) is 46.5 Å². The van der Waals surface area contributed by atoms with Gasteiger partial charge >= 0.3 is 0 Å². The summed E-state index contributed by atoms with van der Waals surface area (Å²) in [6, 6.07) is 7.18. The molecule has 1 amide bonds. The van der Waals surface area contributed by atoms with Crippen LogP contribution in [0.5, 0.6) is 0 Å². The van der Waals surface area contributed by atoms with Crippen LogP contribution in [0.1, 0.15) is 36.0 Å². The van der Waals surface area contributed by atoms with E-state index in [4.69, 9.17) is 10.5 Å². The second-order valence-corrected chi connectivity index (χ2v) is 6.20. The number of carbonyl (C=O) groups excluding carboxylic acids is 1. The molecule has 1 atom stereocenters. The topological polar surface area (TPSA) is 107 Å². The monoisotopic (exact) mass is 368 g/mol. The third-order valence-electron chi connectivity index (χ3n) is 4.18. The Morgan fingerprint density at radius 3 is 2.93 bits per heavy atom. The minimum absolute atomic E-state index is 0.0603. The van der Waals surface area contributed by atoms with Crippen molar-refractivity contribution in [3.8, 4) is 5.69 Å². The van der Waals surface area contributed by atoms with E-state index in [0.29, 0.717) is 29.9 Å². The van der Waals surface area contributed by atoms with Gasteiger partial charge in [0.25, 0.3) is 5.91 Å². The van der Waals surface area contributed by atoms with E-state index in [-0.39, 0.29) is 12.1 Å². The number of carbonyl (C=O) groups is 1. The fourth-order valence-electron chi connectivity index (χ4n) is 2.76. The summed E-state index contributed by atoms with van der Waals surface area (Å²) in [7, 11) is 0. The normalized spacial score (nSPS) is 17.9. The molecule has 0 spiro atoms. The number of nitrogens with zero attached hydrogens (tertiary/aromatic N) is 4. The maximum Gasteiger partial charge on any atom is 0.253 e. The summed E-state index contributed by atoms with van der Waals surface area (Å²) in [6.07, 6.45) is 10.2. The number of benzene rings is 1. The number of ether oxygens (including phenoxy) is 1. The number of aliphatic imine (C=N–C) groups is 1. The molecule has 1 aromatic heterocycles. The van der Waals surface area contributed by atoms with Gasteiger partial charge in [-0.05, 0) is 37.5 Å². The van der Waals surface area contributed by atoms with E-state index in [1.54, 1.807) is 42.9 Å². The Kier molecular flexibility index (Phi) is 6.70. The van der Waals surface area contributed by atoms with Crippen molar-refractivity contribution in [2.45, 2.75) is 31.9 Å². The standard InChI is InChI=1S/C19H24N6O2/c20-15(8-10-21-18-7-3-4-14-27-18)9-11-22-19(26)16-5-1-2-6-17(16)25-23-12-13-24-25/h1-2,5-6,8,10,12-13,18H,3-4,7,9,11,14,20H2,(H,22,26). The quantitative estimate of drug-likeness (QED) is 0.725. The first-order valence-corrected chi connectivity index (χ1v) is 9.07. The summed E-state index contributed by atoms with van der Waals surface area (Å²) in [4.78, 5) is 18.2. The second kappa shape index (κ2) is 9.63. The molecule has 3 N–H and O–H groups in total. The molecule has 3 rings (SSSR count). The molecule has 27 heavy (non-hydrogen) atoms. The first-order chi connectivity index (χ1) is 13.2. The minimum atomic E-state index is -0.194. The lowest BCUT2D eigenvalue weighted by molar-refractivity contribution is 0.0227. The predicted molar refractivity (Wildman–Crippen MR) is 103 cm³/mol. The van der Waals surface area contributed by atoms with Crippen LogP contribution < -0.4 is 11.1 Å². The van der Waals surface area contributed by atoms with E-state index in [1.807, 2.05) is 6.07 Å². The molecule has 1 saturated heterocycles. The molecule has 1 aliphatic heterocycles. The molecule has 8 nitrogen and oxygen atoms in total. The molecular formula is C19H24N6O2. The van der Waals surface area contributed by atoms with Crippen molar-refractivity contribution in [3.63, 3.8) is 0 Å². The van der Waals surface area contributed by atoms with Gasteiger partial charge in [-0.25, -0.2) is 0 Å². The SMILES string of the molecule is NC(=CC=NC1CCCCO1)CCNC(=O)c1ccccc1-n1nccn1. The van der Waals surface area contributed by atoms with Crippen molar-refractivity contribution >= 4 is 12.1 Å². The predicted octanol–water partition coefficient (Wildman–Crippen LogP) is 1.83. The van der Waals surface area contributed by atoms with Crippen molar-refractivity contribution < 1.29 is 9.53 Å². The highest BCUT2D eigenvalue weighted by Gasteiger charge is 2.13. The Bertz CT molecular complexity index is 794. The summed E-state index contributed by atoms with van der Waals surface area (Å²) >= 11 is 0. The van der Waals surface area contributed by atoms with Gasteiger partial charge in [0.05, 0.1) is 23.6 Å². The molecule has 142 valence electrons. The number of hydrogen-bond donors (Lipinski definition) is 2. The number of allylic oxidation sites excluding steroid dienone is 1. The first kappa shape index (κ1) is 18.8. The number of hydrogen-bond acceptors (Lipinski definition) is 6. The molecule has 2 aromatic rings. The van der Waals surface area contributed by atoms with E-state index in [1.165, 1.54) is 4.80 Å². The molecule has 1 unspecified atom stereocenters. The summed E-state index contributed by atoms with van der Waals surface area (Å²) in [6.45, 7) is 1.19. The maximum absolute atomic E-state index is 12.5. The maximum atomic E-state index is 12.5. The zero-order chi connectivity index (χ0) is 18.9. The lowest BCUT2D eigenvalue weighted by atomic mass is 10.1. The fourth-order valence-corrected chi connectivity index (χ4v) is 2.76. The van der Waals surface area contributed by atoms with Crippen LogP contribution in [0.25, 0.3) is 5.69 Å². The second-order valence-electron chi connectivity index (χ2n) is 6.20. The Morgan fingerprint density at radius 2 is 2.15 bits per heavy atom. The Balaban J connectivity index is 1.50. The smallest absolute Gasteiger partial charge is 0.253 e. The van der Waals surface area contributed by atoms with Gasteiger partial charge in [0.2, 0.25) is 0 Å². The molecule has 1 aromatic carbocycles. The van der Waals surface area contributed by atoms with Crippen molar-refractivity contribution in [3.05, 3.63) is 54.0 Å². The van der Waals surface area contributed by atoms with Gasteiger partial charge in [-0.15, -0.1) is 0 Å². The van der Waals surface area contributed by atoms with Gasteiger partial charge in [0.15, 0.2) is 0 Å². The molecule has 1 aliphatic rings. The number of nitrogens with one attached hydrogen (secondary N) is 1. The van der Waals surface area contributed by atoms with Gasteiger partial charge in [-0.1, -0.05) is 12.1 Å². The van der Waals surface area contributed by atoms with Gasteiger partial charge in [-0.2, -0.15) is 15.0 Å².